The van der Waals surface area contributed by atoms with Gasteiger partial charge in [-0.2, -0.15) is 5.10 Å². The highest BCUT2D eigenvalue weighted by Gasteiger charge is 2.34. The standard InChI is InChI=1S/C22H22ClN3O4S/c1-30-20-9-5-3-7-16(20)18-14-19(25-24-18)22(27)26-11-10-21(31(28,29)13-12-26)15-6-2-4-8-17(15)23/h2-9,14,21H,10-13H2,1H3,(H,24,25). The van der Waals surface area contributed by atoms with E-state index >= 15 is 0 Å². The van der Waals surface area contributed by atoms with Crippen molar-refractivity contribution in [2.45, 2.75) is 11.7 Å². The molecule has 1 atom stereocenters. The van der Waals surface area contributed by atoms with Gasteiger partial charge in [0.25, 0.3) is 5.91 Å². The van der Waals surface area contributed by atoms with Gasteiger partial charge in [-0.25, -0.2) is 8.42 Å². The Balaban J connectivity index is 1.56. The number of nitrogens with zero attached hydrogens (tertiary/aromatic N) is 2. The van der Waals surface area contributed by atoms with E-state index in [1.807, 2.05) is 24.3 Å². The number of hydrogen-bond acceptors (Lipinski definition) is 5. The summed E-state index contributed by atoms with van der Waals surface area (Å²) in [5, 5.41) is 6.72. The van der Waals surface area contributed by atoms with Gasteiger partial charge < -0.3 is 9.64 Å². The molecule has 2 heterocycles. The Morgan fingerprint density at radius 3 is 2.68 bits per heavy atom. The number of halogens is 1. The van der Waals surface area contributed by atoms with Gasteiger partial charge in [0.15, 0.2) is 9.84 Å². The molecule has 2 aromatic carbocycles. The molecular formula is C22H22ClN3O4S. The van der Waals surface area contributed by atoms with Crippen molar-refractivity contribution in [2.24, 2.45) is 0 Å². The molecule has 4 rings (SSSR count). The molecule has 1 aromatic heterocycles. The molecule has 0 aliphatic carbocycles. The van der Waals surface area contributed by atoms with E-state index in [0.717, 1.165) is 5.56 Å². The second-order valence-electron chi connectivity index (χ2n) is 7.33. The van der Waals surface area contributed by atoms with Gasteiger partial charge in [0.1, 0.15) is 11.4 Å². The molecule has 1 aliphatic rings. The average molecular weight is 460 g/mol. The summed E-state index contributed by atoms with van der Waals surface area (Å²) in [5.74, 6) is 0.238. The summed E-state index contributed by atoms with van der Waals surface area (Å²) in [7, 11) is -1.88. The normalized spacial score (nSPS) is 18.4. The Morgan fingerprint density at radius 1 is 1.16 bits per heavy atom. The van der Waals surface area contributed by atoms with Crippen molar-refractivity contribution >= 4 is 27.3 Å². The van der Waals surface area contributed by atoms with Crippen LogP contribution in [0.4, 0.5) is 0 Å². The van der Waals surface area contributed by atoms with Gasteiger partial charge in [-0.3, -0.25) is 9.89 Å². The second kappa shape index (κ2) is 8.72. The summed E-state index contributed by atoms with van der Waals surface area (Å²) in [4.78, 5) is 14.6. The van der Waals surface area contributed by atoms with E-state index in [0.29, 0.717) is 34.3 Å². The molecule has 31 heavy (non-hydrogen) atoms. The molecule has 9 heteroatoms. The van der Waals surface area contributed by atoms with E-state index in [9.17, 15) is 13.2 Å². The minimum absolute atomic E-state index is 0.116. The minimum Gasteiger partial charge on any atom is -0.496 e. The third-order valence-electron chi connectivity index (χ3n) is 5.47. The van der Waals surface area contributed by atoms with E-state index in [2.05, 4.69) is 10.2 Å². The van der Waals surface area contributed by atoms with Gasteiger partial charge in [0.2, 0.25) is 0 Å². The van der Waals surface area contributed by atoms with Crippen LogP contribution >= 0.6 is 11.6 Å². The van der Waals surface area contributed by atoms with E-state index in [1.165, 1.54) is 0 Å². The van der Waals surface area contributed by atoms with Crippen LogP contribution in [-0.2, 0) is 9.84 Å². The topological polar surface area (TPSA) is 92.4 Å². The maximum atomic E-state index is 13.1. The Kier molecular flexibility index (Phi) is 6.02. The third-order valence-corrected chi connectivity index (χ3v) is 7.92. The highest BCUT2D eigenvalue weighted by atomic mass is 35.5. The number of amides is 1. The van der Waals surface area contributed by atoms with E-state index in [-0.39, 0.29) is 24.6 Å². The summed E-state index contributed by atoms with van der Waals surface area (Å²) >= 11 is 6.25. The van der Waals surface area contributed by atoms with E-state index < -0.39 is 15.1 Å². The molecule has 0 saturated carbocycles. The van der Waals surface area contributed by atoms with Crippen LogP contribution in [-0.4, -0.2) is 55.4 Å². The largest absolute Gasteiger partial charge is 0.496 e. The predicted octanol–water partition coefficient (Wildman–Crippen LogP) is 3.74. The highest BCUT2D eigenvalue weighted by Crippen LogP contribution is 2.34. The monoisotopic (exact) mass is 459 g/mol. The number of aromatic nitrogens is 2. The molecule has 1 amide bonds. The lowest BCUT2D eigenvalue weighted by molar-refractivity contribution is 0.0760. The lowest BCUT2D eigenvalue weighted by Gasteiger charge is -2.19. The molecule has 0 bridgehead atoms. The van der Waals surface area contributed by atoms with Gasteiger partial charge >= 0.3 is 0 Å². The summed E-state index contributed by atoms with van der Waals surface area (Å²) in [5.41, 5.74) is 2.22. The molecule has 162 valence electrons. The third kappa shape index (κ3) is 4.31. The Labute approximate surface area is 185 Å². The first-order chi connectivity index (χ1) is 14.9. The molecule has 1 saturated heterocycles. The Bertz CT molecular complexity index is 1210. The summed E-state index contributed by atoms with van der Waals surface area (Å²) in [6.45, 7) is 0.419. The highest BCUT2D eigenvalue weighted by molar-refractivity contribution is 7.91. The first-order valence-electron chi connectivity index (χ1n) is 9.85. The number of carbonyl (C=O) groups is 1. The molecule has 1 unspecified atom stereocenters. The quantitative estimate of drug-likeness (QED) is 0.641. The van der Waals surface area contributed by atoms with Gasteiger partial charge in [0, 0.05) is 23.7 Å². The van der Waals surface area contributed by atoms with Crippen molar-refractivity contribution in [1.29, 1.82) is 0 Å². The number of para-hydroxylation sites is 1. The number of methoxy groups -OCH3 is 1. The maximum absolute atomic E-state index is 13.1. The first kappa shape index (κ1) is 21.4. The number of aromatic amines is 1. The van der Waals surface area contributed by atoms with Crippen LogP contribution in [0, 0.1) is 0 Å². The smallest absolute Gasteiger partial charge is 0.271 e. The fraction of sp³-hybridized carbons (Fsp3) is 0.273. The molecule has 1 aliphatic heterocycles. The number of ether oxygens (including phenoxy) is 1. The van der Waals surface area contributed by atoms with Crippen LogP contribution in [0.25, 0.3) is 11.3 Å². The minimum atomic E-state index is -3.45. The van der Waals surface area contributed by atoms with Crippen LogP contribution in [0.2, 0.25) is 5.02 Å². The SMILES string of the molecule is COc1ccccc1-c1cc(C(=O)N2CCC(c3ccccc3Cl)S(=O)(=O)CC2)[nH]n1. The molecule has 3 aromatic rings. The van der Waals surface area contributed by atoms with Crippen LogP contribution in [0.5, 0.6) is 5.75 Å². The van der Waals surface area contributed by atoms with Crippen molar-refractivity contribution in [3.63, 3.8) is 0 Å². The number of hydrogen-bond donors (Lipinski definition) is 1. The lowest BCUT2D eigenvalue weighted by atomic mass is 10.1. The average Bonchev–Trinajstić information content (AvgIpc) is 3.20. The molecule has 1 N–H and O–H groups in total. The summed E-state index contributed by atoms with van der Waals surface area (Å²) < 4.78 is 31.1. The maximum Gasteiger partial charge on any atom is 0.271 e. The molecule has 0 radical (unpaired) electrons. The van der Waals surface area contributed by atoms with Crippen molar-refractivity contribution < 1.29 is 17.9 Å². The predicted molar refractivity (Wildman–Crippen MR) is 119 cm³/mol. The molecule has 7 nitrogen and oxygen atoms in total. The van der Waals surface area contributed by atoms with Crippen LogP contribution < -0.4 is 4.74 Å². The number of carbonyl (C=O) groups excluding carboxylic acids is 1. The van der Waals surface area contributed by atoms with E-state index in [4.69, 9.17) is 16.3 Å². The lowest BCUT2D eigenvalue weighted by Crippen LogP contribution is -2.33. The fourth-order valence-electron chi connectivity index (χ4n) is 3.83. The number of sulfone groups is 1. The Hall–Kier alpha value is -2.84. The van der Waals surface area contributed by atoms with Gasteiger partial charge in [-0.1, -0.05) is 41.9 Å². The number of rotatable bonds is 4. The number of nitrogens with one attached hydrogen (secondary N) is 1. The van der Waals surface area contributed by atoms with Crippen molar-refractivity contribution in [3.05, 3.63) is 70.9 Å². The Morgan fingerprint density at radius 2 is 1.90 bits per heavy atom. The van der Waals surface area contributed by atoms with Crippen LogP contribution in [0.3, 0.4) is 0 Å². The fourth-order valence-corrected chi connectivity index (χ4v) is 5.98. The number of benzene rings is 2. The number of H-pyrrole nitrogens is 1. The van der Waals surface area contributed by atoms with Gasteiger partial charge in [-0.15, -0.1) is 0 Å². The van der Waals surface area contributed by atoms with Crippen LogP contribution in [0.1, 0.15) is 27.7 Å². The van der Waals surface area contributed by atoms with E-state index in [1.54, 1.807) is 42.3 Å². The van der Waals surface area contributed by atoms with Gasteiger partial charge in [-0.05, 0) is 36.2 Å². The first-order valence-corrected chi connectivity index (χ1v) is 11.9. The molecule has 1 fully saturated rings. The molecular weight excluding hydrogens is 438 g/mol. The van der Waals surface area contributed by atoms with Crippen molar-refractivity contribution in [3.8, 4) is 17.0 Å². The summed E-state index contributed by atoms with van der Waals surface area (Å²) in [6, 6.07) is 16.0. The zero-order valence-corrected chi connectivity index (χ0v) is 18.5. The molecule has 0 spiro atoms. The second-order valence-corrected chi connectivity index (χ2v) is 10.0. The van der Waals surface area contributed by atoms with Gasteiger partial charge in [0.05, 0.1) is 23.8 Å². The zero-order valence-electron chi connectivity index (χ0n) is 16.9. The zero-order chi connectivity index (χ0) is 22.0. The summed E-state index contributed by atoms with van der Waals surface area (Å²) in [6.07, 6.45) is 0.283. The van der Waals surface area contributed by atoms with Crippen molar-refractivity contribution in [1.82, 2.24) is 15.1 Å². The van der Waals surface area contributed by atoms with Crippen molar-refractivity contribution in [2.75, 3.05) is 26.0 Å². The van der Waals surface area contributed by atoms with Crippen LogP contribution in [0.15, 0.2) is 54.6 Å².